The third kappa shape index (κ3) is 14.7. The van der Waals surface area contributed by atoms with Crippen molar-refractivity contribution < 1.29 is 19.4 Å². The van der Waals surface area contributed by atoms with Crippen molar-refractivity contribution >= 4 is 11.9 Å². The van der Waals surface area contributed by atoms with Crippen LogP contribution in [-0.2, 0) is 9.53 Å². The maximum atomic E-state index is 12.4. The summed E-state index contributed by atoms with van der Waals surface area (Å²) in [6.45, 7) is 2.21. The molecule has 0 radical (unpaired) electrons. The fraction of sp³-hybridized carbons (Fsp3) is 0.407. The SMILES string of the molecule is CCCCC/C=C\C/C=C\CC(/C=C/C=C\CCCC(=O)O)OC(=O)c1ccccc1. The third-order valence-electron chi connectivity index (χ3n) is 4.55. The summed E-state index contributed by atoms with van der Waals surface area (Å²) in [7, 11) is 0. The summed E-state index contributed by atoms with van der Waals surface area (Å²) in [4.78, 5) is 22.9. The van der Waals surface area contributed by atoms with Crippen LogP contribution in [-0.4, -0.2) is 23.1 Å². The Balaban J connectivity index is 2.54. The second-order valence-electron chi connectivity index (χ2n) is 7.32. The van der Waals surface area contributed by atoms with Gasteiger partial charge in [-0.2, -0.15) is 0 Å². The first kappa shape index (κ1) is 26.2. The molecule has 31 heavy (non-hydrogen) atoms. The molecule has 1 aromatic carbocycles. The van der Waals surface area contributed by atoms with Gasteiger partial charge in [-0.15, -0.1) is 0 Å². The minimum atomic E-state index is -0.778. The van der Waals surface area contributed by atoms with E-state index in [0.717, 1.165) is 12.8 Å². The molecule has 0 saturated heterocycles. The number of allylic oxidation sites excluding steroid dienone is 6. The topological polar surface area (TPSA) is 63.6 Å². The van der Waals surface area contributed by atoms with Crippen LogP contribution in [0.15, 0.2) is 78.9 Å². The minimum absolute atomic E-state index is 0.170. The Labute approximate surface area is 187 Å². The molecule has 0 aliphatic rings. The summed E-state index contributed by atoms with van der Waals surface area (Å²) in [5.74, 6) is -1.12. The second-order valence-corrected chi connectivity index (χ2v) is 7.32. The number of carbonyl (C=O) groups is 2. The molecular formula is C27H36O4. The molecule has 1 N–H and O–H groups in total. The van der Waals surface area contributed by atoms with E-state index in [2.05, 4.69) is 25.2 Å². The van der Waals surface area contributed by atoms with Gasteiger partial charge in [0.05, 0.1) is 5.56 Å². The van der Waals surface area contributed by atoms with E-state index in [-0.39, 0.29) is 18.5 Å². The largest absolute Gasteiger partial charge is 0.481 e. The first-order valence-electron chi connectivity index (χ1n) is 11.2. The van der Waals surface area contributed by atoms with Crippen LogP contribution >= 0.6 is 0 Å². The molecule has 0 aliphatic heterocycles. The molecule has 0 aliphatic carbocycles. The molecule has 168 valence electrons. The van der Waals surface area contributed by atoms with Gasteiger partial charge in [0, 0.05) is 12.8 Å². The molecule has 0 saturated carbocycles. The van der Waals surface area contributed by atoms with Crippen LogP contribution < -0.4 is 0 Å². The normalized spacial score (nSPS) is 12.9. The van der Waals surface area contributed by atoms with Crippen molar-refractivity contribution in [3.05, 3.63) is 84.5 Å². The van der Waals surface area contributed by atoms with Crippen molar-refractivity contribution in [2.75, 3.05) is 0 Å². The third-order valence-corrected chi connectivity index (χ3v) is 4.55. The lowest BCUT2D eigenvalue weighted by Crippen LogP contribution is -2.15. The average molecular weight is 425 g/mol. The van der Waals surface area contributed by atoms with E-state index in [1.54, 1.807) is 12.1 Å². The van der Waals surface area contributed by atoms with Crippen LogP contribution in [0.25, 0.3) is 0 Å². The summed E-state index contributed by atoms with van der Waals surface area (Å²) < 4.78 is 5.66. The van der Waals surface area contributed by atoms with Gasteiger partial charge in [-0.05, 0) is 50.3 Å². The van der Waals surface area contributed by atoms with E-state index in [4.69, 9.17) is 9.84 Å². The maximum absolute atomic E-state index is 12.4. The van der Waals surface area contributed by atoms with Gasteiger partial charge in [0.25, 0.3) is 0 Å². The van der Waals surface area contributed by atoms with Crippen molar-refractivity contribution in [3.8, 4) is 0 Å². The number of benzene rings is 1. The number of hydrogen-bond acceptors (Lipinski definition) is 3. The molecule has 1 unspecified atom stereocenters. The Bertz CT molecular complexity index is 729. The Morgan fingerprint density at radius 2 is 1.68 bits per heavy atom. The summed E-state index contributed by atoms with van der Waals surface area (Å²) in [5, 5.41) is 8.65. The lowest BCUT2D eigenvalue weighted by atomic mass is 10.1. The zero-order valence-corrected chi connectivity index (χ0v) is 18.6. The van der Waals surface area contributed by atoms with Crippen LogP contribution in [0.5, 0.6) is 0 Å². The van der Waals surface area contributed by atoms with Crippen molar-refractivity contribution in [1.29, 1.82) is 0 Å². The lowest BCUT2D eigenvalue weighted by molar-refractivity contribution is -0.137. The Morgan fingerprint density at radius 1 is 0.935 bits per heavy atom. The Kier molecular flexibility index (Phi) is 15.1. The van der Waals surface area contributed by atoms with Crippen molar-refractivity contribution in [2.45, 2.75) is 70.8 Å². The Hall–Kier alpha value is -2.88. The van der Waals surface area contributed by atoms with Gasteiger partial charge < -0.3 is 9.84 Å². The summed E-state index contributed by atoms with van der Waals surface area (Å²) >= 11 is 0. The van der Waals surface area contributed by atoms with Crippen molar-refractivity contribution in [2.24, 2.45) is 0 Å². The van der Waals surface area contributed by atoms with E-state index in [0.29, 0.717) is 24.8 Å². The molecule has 1 rings (SSSR count). The molecule has 0 aromatic heterocycles. The van der Waals surface area contributed by atoms with Crippen LogP contribution in [0.1, 0.15) is 75.1 Å². The quantitative estimate of drug-likeness (QED) is 0.134. The predicted molar refractivity (Wildman–Crippen MR) is 127 cm³/mol. The summed E-state index contributed by atoms with van der Waals surface area (Å²) in [5.41, 5.74) is 0.532. The van der Waals surface area contributed by atoms with Gasteiger partial charge in [-0.1, -0.05) is 80.5 Å². The average Bonchev–Trinajstić information content (AvgIpc) is 2.77. The van der Waals surface area contributed by atoms with Gasteiger partial charge >= 0.3 is 11.9 Å². The fourth-order valence-corrected chi connectivity index (χ4v) is 2.81. The standard InChI is InChI=1S/C27H36O4/c1-2-3-4-5-6-7-8-10-16-21-25(22-17-11-9-12-18-23-26(28)29)31-27(30)24-19-14-13-15-20-24/h6-7,9-11,13-17,19-20,22,25H,2-5,8,12,18,21,23H2,1H3,(H,28,29)/b7-6-,11-9-,16-10-,22-17+. The molecule has 0 bridgehead atoms. The first-order chi connectivity index (χ1) is 15.1. The molecule has 1 atom stereocenters. The van der Waals surface area contributed by atoms with Crippen molar-refractivity contribution in [1.82, 2.24) is 0 Å². The predicted octanol–water partition coefficient (Wildman–Crippen LogP) is 7.05. The molecule has 1 aromatic rings. The van der Waals surface area contributed by atoms with Gasteiger partial charge in [0.15, 0.2) is 0 Å². The summed E-state index contributed by atoms with van der Waals surface area (Å²) in [6, 6.07) is 8.97. The highest BCUT2D eigenvalue weighted by Gasteiger charge is 2.11. The zero-order chi connectivity index (χ0) is 22.6. The van der Waals surface area contributed by atoms with Crippen LogP contribution in [0.4, 0.5) is 0 Å². The van der Waals surface area contributed by atoms with Gasteiger partial charge in [0.2, 0.25) is 0 Å². The molecule has 0 amide bonds. The van der Waals surface area contributed by atoms with Crippen LogP contribution in [0.3, 0.4) is 0 Å². The molecule has 4 heteroatoms. The monoisotopic (exact) mass is 424 g/mol. The van der Waals surface area contributed by atoms with E-state index in [1.807, 2.05) is 48.6 Å². The molecular weight excluding hydrogens is 388 g/mol. The number of unbranched alkanes of at least 4 members (excludes halogenated alkanes) is 4. The van der Waals surface area contributed by atoms with E-state index in [9.17, 15) is 9.59 Å². The highest BCUT2D eigenvalue weighted by Crippen LogP contribution is 2.09. The van der Waals surface area contributed by atoms with E-state index in [1.165, 1.54) is 19.3 Å². The second kappa shape index (κ2) is 17.9. The Morgan fingerprint density at radius 3 is 2.42 bits per heavy atom. The minimum Gasteiger partial charge on any atom is -0.481 e. The van der Waals surface area contributed by atoms with Crippen LogP contribution in [0, 0.1) is 0 Å². The highest BCUT2D eigenvalue weighted by molar-refractivity contribution is 5.89. The number of ether oxygens (including phenoxy) is 1. The van der Waals surface area contributed by atoms with Gasteiger partial charge in [-0.25, -0.2) is 4.79 Å². The van der Waals surface area contributed by atoms with Gasteiger partial charge in [-0.3, -0.25) is 4.79 Å². The van der Waals surface area contributed by atoms with Gasteiger partial charge in [0.1, 0.15) is 6.10 Å². The smallest absolute Gasteiger partial charge is 0.338 e. The van der Waals surface area contributed by atoms with E-state index < -0.39 is 5.97 Å². The molecule has 0 heterocycles. The number of rotatable bonds is 16. The van der Waals surface area contributed by atoms with Crippen LogP contribution in [0.2, 0.25) is 0 Å². The number of aliphatic carboxylic acids is 1. The fourth-order valence-electron chi connectivity index (χ4n) is 2.81. The van der Waals surface area contributed by atoms with Crippen molar-refractivity contribution in [3.63, 3.8) is 0 Å². The molecule has 0 fully saturated rings. The number of hydrogen-bond donors (Lipinski definition) is 1. The number of carboxylic acid groups (broad SMARTS) is 1. The molecule has 0 spiro atoms. The lowest BCUT2D eigenvalue weighted by Gasteiger charge is -2.12. The number of carboxylic acids is 1. The number of carbonyl (C=O) groups excluding carboxylic acids is 1. The number of esters is 1. The zero-order valence-electron chi connectivity index (χ0n) is 18.6. The highest BCUT2D eigenvalue weighted by atomic mass is 16.5. The van der Waals surface area contributed by atoms with E-state index >= 15 is 0 Å². The first-order valence-corrected chi connectivity index (χ1v) is 11.2. The maximum Gasteiger partial charge on any atom is 0.338 e. The summed E-state index contributed by atoms with van der Waals surface area (Å²) in [6.07, 6.45) is 23.5. The molecule has 4 nitrogen and oxygen atoms in total.